The molecular weight excluding hydrogens is 204 g/mol. The highest BCUT2D eigenvalue weighted by molar-refractivity contribution is 5.29. The van der Waals surface area contributed by atoms with Gasteiger partial charge in [0, 0.05) is 25.0 Å². The first-order valence-electron chi connectivity index (χ1n) is 6.12. The van der Waals surface area contributed by atoms with Crippen LogP contribution in [0.2, 0.25) is 0 Å². The summed E-state index contributed by atoms with van der Waals surface area (Å²) in [6, 6.07) is 0. The highest BCUT2D eigenvalue weighted by atomic mass is 16.5. The van der Waals surface area contributed by atoms with E-state index < -0.39 is 0 Å². The van der Waals surface area contributed by atoms with Crippen molar-refractivity contribution in [1.82, 2.24) is 10.1 Å². The lowest BCUT2D eigenvalue weighted by molar-refractivity contribution is 0.222. The van der Waals surface area contributed by atoms with Crippen LogP contribution in [0.3, 0.4) is 0 Å². The first-order valence-corrected chi connectivity index (χ1v) is 6.12. The molecule has 0 spiro atoms. The second kappa shape index (κ2) is 3.73. The molecule has 5 nitrogen and oxygen atoms in total. The summed E-state index contributed by atoms with van der Waals surface area (Å²) < 4.78 is 5.27. The van der Waals surface area contributed by atoms with E-state index in [2.05, 4.69) is 15.0 Å². The van der Waals surface area contributed by atoms with Gasteiger partial charge in [0.1, 0.15) is 0 Å². The number of aromatic nitrogens is 2. The third-order valence-corrected chi connectivity index (χ3v) is 3.70. The fourth-order valence-corrected chi connectivity index (χ4v) is 2.47. The molecule has 2 N–H and O–H groups in total. The minimum absolute atomic E-state index is 0.0746. The van der Waals surface area contributed by atoms with E-state index in [0.29, 0.717) is 5.89 Å². The zero-order valence-electron chi connectivity index (χ0n) is 9.48. The van der Waals surface area contributed by atoms with Crippen molar-refractivity contribution < 1.29 is 4.52 Å². The molecule has 1 aliphatic carbocycles. The van der Waals surface area contributed by atoms with Gasteiger partial charge in [-0.05, 0) is 37.3 Å². The van der Waals surface area contributed by atoms with Crippen molar-refractivity contribution >= 4 is 5.95 Å². The van der Waals surface area contributed by atoms with Gasteiger partial charge in [0.05, 0.1) is 0 Å². The smallest absolute Gasteiger partial charge is 0.266 e. The Morgan fingerprint density at radius 3 is 2.62 bits per heavy atom. The summed E-state index contributed by atoms with van der Waals surface area (Å²) in [4.78, 5) is 6.60. The highest BCUT2D eigenvalue weighted by Crippen LogP contribution is 2.32. The molecule has 1 saturated carbocycles. The van der Waals surface area contributed by atoms with E-state index >= 15 is 0 Å². The van der Waals surface area contributed by atoms with E-state index in [4.69, 9.17) is 10.3 Å². The Labute approximate surface area is 95.0 Å². The van der Waals surface area contributed by atoms with Gasteiger partial charge in [-0.1, -0.05) is 0 Å². The maximum atomic E-state index is 6.16. The quantitative estimate of drug-likeness (QED) is 0.829. The van der Waals surface area contributed by atoms with Gasteiger partial charge in [0.25, 0.3) is 5.95 Å². The summed E-state index contributed by atoms with van der Waals surface area (Å²) in [5.74, 6) is 1.44. The van der Waals surface area contributed by atoms with Crippen molar-refractivity contribution in [2.45, 2.75) is 44.1 Å². The highest BCUT2D eigenvalue weighted by Gasteiger charge is 2.34. The molecule has 5 heteroatoms. The fourth-order valence-electron chi connectivity index (χ4n) is 2.47. The van der Waals surface area contributed by atoms with Crippen LogP contribution in [-0.4, -0.2) is 28.8 Å². The number of nitrogens with two attached hydrogens (primary N) is 1. The number of anilines is 1. The first kappa shape index (κ1) is 10.1. The Bertz CT molecular complexity index is 366. The van der Waals surface area contributed by atoms with Crippen molar-refractivity contribution in [3.63, 3.8) is 0 Å². The second-order valence-electron chi connectivity index (χ2n) is 5.07. The Morgan fingerprint density at radius 1 is 1.25 bits per heavy atom. The van der Waals surface area contributed by atoms with Gasteiger partial charge in [-0.25, -0.2) is 0 Å². The van der Waals surface area contributed by atoms with Gasteiger partial charge in [-0.3, -0.25) is 0 Å². The molecule has 88 valence electrons. The molecule has 3 rings (SSSR count). The summed E-state index contributed by atoms with van der Waals surface area (Å²) in [7, 11) is 0. The Hall–Kier alpha value is -1.10. The van der Waals surface area contributed by atoms with E-state index in [1.165, 1.54) is 19.3 Å². The lowest BCUT2D eigenvalue weighted by Gasteiger charge is -2.36. The molecular formula is C11H18N4O. The van der Waals surface area contributed by atoms with Crippen LogP contribution in [0.15, 0.2) is 4.52 Å². The average Bonchev–Trinajstić information content (AvgIpc) is 2.83. The van der Waals surface area contributed by atoms with E-state index in [1.54, 1.807) is 0 Å². The van der Waals surface area contributed by atoms with E-state index in [9.17, 15) is 0 Å². The molecule has 2 fully saturated rings. The largest absolute Gasteiger partial charge is 0.338 e. The Morgan fingerprint density at radius 2 is 2.00 bits per heavy atom. The van der Waals surface area contributed by atoms with Gasteiger partial charge in [0.15, 0.2) is 0 Å². The molecule has 1 saturated heterocycles. The summed E-state index contributed by atoms with van der Waals surface area (Å²) >= 11 is 0. The minimum Gasteiger partial charge on any atom is -0.338 e. The van der Waals surface area contributed by atoms with Crippen molar-refractivity contribution in [2.24, 2.45) is 5.73 Å². The van der Waals surface area contributed by atoms with Crippen LogP contribution in [0.4, 0.5) is 5.95 Å². The molecule has 0 bridgehead atoms. The first-order chi connectivity index (χ1) is 7.75. The average molecular weight is 222 g/mol. The summed E-state index contributed by atoms with van der Waals surface area (Å²) in [5.41, 5.74) is 6.08. The molecule has 0 amide bonds. The third kappa shape index (κ3) is 1.80. The molecule has 0 unspecified atom stereocenters. The van der Waals surface area contributed by atoms with Gasteiger partial charge in [-0.15, -0.1) is 0 Å². The molecule has 0 aromatic carbocycles. The van der Waals surface area contributed by atoms with Crippen LogP contribution >= 0.6 is 0 Å². The minimum atomic E-state index is -0.0746. The third-order valence-electron chi connectivity index (χ3n) is 3.70. The maximum absolute atomic E-state index is 6.16. The van der Waals surface area contributed by atoms with E-state index in [1.807, 2.05) is 0 Å². The predicted molar refractivity (Wildman–Crippen MR) is 60.2 cm³/mol. The number of rotatable bonds is 3. The van der Waals surface area contributed by atoms with Crippen molar-refractivity contribution in [2.75, 3.05) is 18.0 Å². The van der Waals surface area contributed by atoms with E-state index in [0.717, 1.165) is 38.3 Å². The summed E-state index contributed by atoms with van der Waals surface area (Å²) in [5, 5.41) is 4.03. The standard InChI is InChI=1S/C11H18N4O/c12-11(4-3-5-11)8-9-13-10(14-16-9)15-6-1-2-7-15/h1-8,12H2. The van der Waals surface area contributed by atoms with Crippen LogP contribution in [0.1, 0.15) is 38.0 Å². The van der Waals surface area contributed by atoms with Crippen LogP contribution in [0, 0.1) is 0 Å². The summed E-state index contributed by atoms with van der Waals surface area (Å²) in [6.07, 6.45) is 6.57. The molecule has 2 aliphatic rings. The number of nitrogens with zero attached hydrogens (tertiary/aromatic N) is 3. The normalized spacial score (nSPS) is 23.4. The monoisotopic (exact) mass is 222 g/mol. The van der Waals surface area contributed by atoms with Crippen LogP contribution in [0.5, 0.6) is 0 Å². The fraction of sp³-hybridized carbons (Fsp3) is 0.818. The Kier molecular flexibility index (Phi) is 2.35. The van der Waals surface area contributed by atoms with Gasteiger partial charge in [-0.2, -0.15) is 4.98 Å². The maximum Gasteiger partial charge on any atom is 0.266 e. The van der Waals surface area contributed by atoms with Crippen molar-refractivity contribution in [3.8, 4) is 0 Å². The molecule has 0 radical (unpaired) electrons. The lowest BCUT2D eigenvalue weighted by atomic mass is 9.75. The Balaban J connectivity index is 1.67. The number of hydrogen-bond acceptors (Lipinski definition) is 5. The van der Waals surface area contributed by atoms with Crippen LogP contribution < -0.4 is 10.6 Å². The molecule has 1 aromatic heterocycles. The number of hydrogen-bond donors (Lipinski definition) is 1. The topological polar surface area (TPSA) is 68.2 Å². The molecule has 1 aliphatic heterocycles. The van der Waals surface area contributed by atoms with Gasteiger partial charge >= 0.3 is 0 Å². The molecule has 16 heavy (non-hydrogen) atoms. The SMILES string of the molecule is NC1(Cc2nc(N3CCCC3)no2)CCC1. The van der Waals surface area contributed by atoms with Crippen molar-refractivity contribution in [3.05, 3.63) is 5.89 Å². The lowest BCUT2D eigenvalue weighted by Crippen LogP contribution is -2.48. The zero-order valence-corrected chi connectivity index (χ0v) is 9.48. The van der Waals surface area contributed by atoms with E-state index in [-0.39, 0.29) is 5.54 Å². The zero-order chi connectivity index (χ0) is 11.0. The van der Waals surface area contributed by atoms with Crippen molar-refractivity contribution in [1.29, 1.82) is 0 Å². The van der Waals surface area contributed by atoms with Gasteiger partial charge < -0.3 is 15.2 Å². The second-order valence-corrected chi connectivity index (χ2v) is 5.07. The van der Waals surface area contributed by atoms with Crippen LogP contribution in [-0.2, 0) is 6.42 Å². The van der Waals surface area contributed by atoms with Gasteiger partial charge in [0.2, 0.25) is 5.89 Å². The molecule has 2 heterocycles. The predicted octanol–water partition coefficient (Wildman–Crippen LogP) is 1.09. The summed E-state index contributed by atoms with van der Waals surface area (Å²) in [6.45, 7) is 2.10. The van der Waals surface area contributed by atoms with Crippen LogP contribution in [0.25, 0.3) is 0 Å². The molecule has 0 atom stereocenters. The molecule has 1 aromatic rings.